The predicted molar refractivity (Wildman–Crippen MR) is 204 cm³/mol. The highest BCUT2D eigenvalue weighted by atomic mass is 16.4. The number of carbonyl (C=O) groups excluding carboxylic acids is 1. The van der Waals surface area contributed by atoms with Gasteiger partial charge in [0.2, 0.25) is 5.91 Å². The van der Waals surface area contributed by atoms with Crippen molar-refractivity contribution in [2.24, 2.45) is 4.99 Å². The Morgan fingerprint density at radius 2 is 1.20 bits per heavy atom. The van der Waals surface area contributed by atoms with Crippen molar-refractivity contribution in [2.45, 2.75) is 57.9 Å². The van der Waals surface area contributed by atoms with Crippen molar-refractivity contribution < 1.29 is 14.7 Å². The van der Waals surface area contributed by atoms with E-state index in [0.717, 1.165) is 55.5 Å². The quantitative estimate of drug-likeness (QED) is 0.0987. The van der Waals surface area contributed by atoms with Crippen LogP contribution in [0, 0.1) is 0 Å². The number of carbonyl (C=O) groups is 2. The second-order valence-corrected chi connectivity index (χ2v) is 12.3. The van der Waals surface area contributed by atoms with Crippen molar-refractivity contribution in [3.05, 3.63) is 150 Å². The van der Waals surface area contributed by atoms with E-state index in [1.165, 1.54) is 0 Å². The molecular weight excluding hydrogens is 606 g/mol. The van der Waals surface area contributed by atoms with Crippen LogP contribution in [0.2, 0.25) is 0 Å². The molecule has 0 atom stereocenters. The lowest BCUT2D eigenvalue weighted by Crippen LogP contribution is -2.37. The van der Waals surface area contributed by atoms with E-state index in [2.05, 4.69) is 24.1 Å². The highest BCUT2D eigenvalue weighted by molar-refractivity contribution is 6.18. The van der Waals surface area contributed by atoms with Crippen molar-refractivity contribution in [1.82, 2.24) is 4.90 Å². The van der Waals surface area contributed by atoms with Crippen molar-refractivity contribution in [3.63, 3.8) is 0 Å². The number of carboxylic acid groups (broad SMARTS) is 1. The fraction of sp³-hybridized carbons (Fsp3) is 0.279. The summed E-state index contributed by atoms with van der Waals surface area (Å²) in [5, 5.41) is 14.1. The summed E-state index contributed by atoms with van der Waals surface area (Å²) in [5.41, 5.74) is 2.97. The summed E-state index contributed by atoms with van der Waals surface area (Å²) in [6.07, 6.45) is 12.2. The topological polar surface area (TPSA) is 82.0 Å². The van der Waals surface area contributed by atoms with Crippen molar-refractivity contribution in [2.75, 3.05) is 25.0 Å². The molecular formula is C43H49N3O3. The summed E-state index contributed by atoms with van der Waals surface area (Å²) < 4.78 is 0. The van der Waals surface area contributed by atoms with Gasteiger partial charge in [-0.25, -0.2) is 4.79 Å². The van der Waals surface area contributed by atoms with Gasteiger partial charge in [0.05, 0.1) is 17.9 Å². The standard InChI is InChI=1S/C43H49N3O3/c1-3-5-32-46(33-6-4-2)34-40(47)44-39-29-17-16-28-38(39)41(37-26-14-9-15-27-37)45-43(42(48)49,30-18-24-35-20-10-7-11-21-35)31-19-25-36-22-12-8-13-23-36/h7-29H,3-6,30-34H2,1-2H3,(H,44,47)(H,48,49)/b24-18+,25-19+,45-41?. The summed E-state index contributed by atoms with van der Waals surface area (Å²) in [7, 11) is 0. The number of aliphatic imine (C=N–C) groups is 1. The Morgan fingerprint density at radius 3 is 1.71 bits per heavy atom. The summed E-state index contributed by atoms with van der Waals surface area (Å²) in [5.74, 6) is -1.13. The average molecular weight is 656 g/mol. The molecule has 0 radical (unpaired) electrons. The number of hydrogen-bond donors (Lipinski definition) is 2. The van der Waals surface area contributed by atoms with Crippen LogP contribution in [0.4, 0.5) is 5.69 Å². The van der Waals surface area contributed by atoms with Crippen LogP contribution in [0.5, 0.6) is 0 Å². The van der Waals surface area contributed by atoms with Crippen LogP contribution in [0.25, 0.3) is 12.2 Å². The zero-order chi connectivity index (χ0) is 34.7. The Hall–Kier alpha value is -5.07. The van der Waals surface area contributed by atoms with Gasteiger partial charge < -0.3 is 10.4 Å². The molecule has 254 valence electrons. The number of unbranched alkanes of at least 4 members (excludes halogenated alkanes) is 2. The minimum atomic E-state index is -1.53. The van der Waals surface area contributed by atoms with E-state index >= 15 is 0 Å². The SMILES string of the molecule is CCCCN(CCCC)CC(=O)Nc1ccccc1C(=NC(C/C=C/c1ccccc1)(C/C=C/c1ccccc1)C(=O)O)c1ccccc1. The Balaban J connectivity index is 1.78. The summed E-state index contributed by atoms with van der Waals surface area (Å²) in [6, 6.07) is 36.8. The van der Waals surface area contributed by atoms with E-state index < -0.39 is 11.5 Å². The molecule has 4 rings (SSSR count). The lowest BCUT2D eigenvalue weighted by atomic mass is 9.89. The normalized spacial score (nSPS) is 12.2. The van der Waals surface area contributed by atoms with Gasteiger partial charge in [-0.2, -0.15) is 0 Å². The van der Waals surface area contributed by atoms with Crippen LogP contribution in [0.1, 0.15) is 74.6 Å². The fourth-order valence-corrected chi connectivity index (χ4v) is 5.62. The molecule has 0 aliphatic heterocycles. The number of para-hydroxylation sites is 1. The van der Waals surface area contributed by atoms with E-state index in [-0.39, 0.29) is 18.7 Å². The largest absolute Gasteiger partial charge is 0.479 e. The number of nitrogens with zero attached hydrogens (tertiary/aromatic N) is 2. The number of anilines is 1. The average Bonchev–Trinajstić information content (AvgIpc) is 3.13. The third-order valence-electron chi connectivity index (χ3n) is 8.38. The Bertz CT molecular complexity index is 1620. The number of hydrogen-bond acceptors (Lipinski definition) is 4. The number of amides is 1. The molecule has 0 saturated carbocycles. The third-order valence-corrected chi connectivity index (χ3v) is 8.38. The molecule has 0 fully saturated rings. The number of benzene rings is 4. The molecule has 4 aromatic carbocycles. The predicted octanol–water partition coefficient (Wildman–Crippen LogP) is 9.40. The number of carboxylic acids is 1. The van der Waals surface area contributed by atoms with E-state index in [9.17, 15) is 14.7 Å². The molecule has 0 bridgehead atoms. The smallest absolute Gasteiger partial charge is 0.332 e. The van der Waals surface area contributed by atoms with E-state index in [1.54, 1.807) is 0 Å². The fourth-order valence-electron chi connectivity index (χ4n) is 5.62. The highest BCUT2D eigenvalue weighted by Gasteiger charge is 2.37. The maximum atomic E-state index is 13.5. The van der Waals surface area contributed by atoms with Crippen LogP contribution < -0.4 is 5.32 Å². The van der Waals surface area contributed by atoms with Gasteiger partial charge >= 0.3 is 5.97 Å². The second kappa shape index (κ2) is 19.7. The molecule has 0 saturated heterocycles. The molecule has 1 amide bonds. The van der Waals surface area contributed by atoms with Gasteiger partial charge in [0, 0.05) is 24.0 Å². The maximum absolute atomic E-state index is 13.5. The lowest BCUT2D eigenvalue weighted by molar-refractivity contribution is -0.143. The van der Waals surface area contributed by atoms with E-state index in [4.69, 9.17) is 4.99 Å². The first-order chi connectivity index (χ1) is 23.9. The van der Waals surface area contributed by atoms with Crippen LogP contribution >= 0.6 is 0 Å². The molecule has 0 aliphatic rings. The highest BCUT2D eigenvalue weighted by Crippen LogP contribution is 2.29. The van der Waals surface area contributed by atoms with Crippen molar-refractivity contribution >= 4 is 35.4 Å². The summed E-state index contributed by atoms with van der Waals surface area (Å²) in [6.45, 7) is 6.35. The molecule has 6 heteroatoms. The van der Waals surface area contributed by atoms with E-state index in [1.807, 2.05) is 140 Å². The number of rotatable bonds is 19. The van der Waals surface area contributed by atoms with Crippen molar-refractivity contribution in [3.8, 4) is 0 Å². The van der Waals surface area contributed by atoms with Gasteiger partial charge in [-0.15, -0.1) is 0 Å². The molecule has 0 spiro atoms. The van der Waals surface area contributed by atoms with Gasteiger partial charge in [-0.3, -0.25) is 14.7 Å². The van der Waals surface area contributed by atoms with Gasteiger partial charge in [0.15, 0.2) is 5.54 Å². The first-order valence-corrected chi connectivity index (χ1v) is 17.4. The van der Waals surface area contributed by atoms with Crippen LogP contribution in [-0.4, -0.2) is 52.8 Å². The zero-order valence-corrected chi connectivity index (χ0v) is 28.8. The van der Waals surface area contributed by atoms with Gasteiger partial charge in [-0.1, -0.05) is 160 Å². The van der Waals surface area contributed by atoms with Crippen molar-refractivity contribution in [1.29, 1.82) is 0 Å². The first kappa shape index (κ1) is 36.8. The lowest BCUT2D eigenvalue weighted by Gasteiger charge is -2.26. The molecule has 49 heavy (non-hydrogen) atoms. The summed E-state index contributed by atoms with van der Waals surface area (Å²) >= 11 is 0. The number of nitrogens with one attached hydrogen (secondary N) is 1. The molecule has 0 unspecified atom stereocenters. The minimum Gasteiger partial charge on any atom is -0.479 e. The maximum Gasteiger partial charge on any atom is 0.332 e. The summed E-state index contributed by atoms with van der Waals surface area (Å²) in [4.78, 5) is 34.3. The Morgan fingerprint density at radius 1 is 0.714 bits per heavy atom. The zero-order valence-electron chi connectivity index (χ0n) is 28.8. The molecule has 4 aromatic rings. The molecule has 6 nitrogen and oxygen atoms in total. The van der Waals surface area contributed by atoms with Gasteiger partial charge in [0.25, 0.3) is 0 Å². The van der Waals surface area contributed by atoms with Crippen LogP contribution in [0.3, 0.4) is 0 Å². The van der Waals surface area contributed by atoms with E-state index in [0.29, 0.717) is 23.5 Å². The molecule has 2 N–H and O–H groups in total. The van der Waals surface area contributed by atoms with Gasteiger partial charge in [0.1, 0.15) is 0 Å². The van der Waals surface area contributed by atoms with Crippen LogP contribution in [-0.2, 0) is 9.59 Å². The van der Waals surface area contributed by atoms with Crippen LogP contribution in [0.15, 0.2) is 132 Å². The molecule has 0 heterocycles. The molecule has 0 aliphatic carbocycles. The van der Waals surface area contributed by atoms with Gasteiger partial charge in [-0.05, 0) is 43.1 Å². The minimum absolute atomic E-state index is 0.104. The second-order valence-electron chi connectivity index (χ2n) is 12.3. The first-order valence-electron chi connectivity index (χ1n) is 17.4. The Kier molecular flexibility index (Phi) is 14.8. The number of aliphatic carboxylic acids is 1. The third kappa shape index (κ3) is 11.5. The Labute approximate surface area is 291 Å². The monoisotopic (exact) mass is 655 g/mol. The molecule has 0 aromatic heterocycles.